The van der Waals surface area contributed by atoms with Crippen molar-refractivity contribution in [2.45, 2.75) is 6.54 Å². The number of hydrogen-bond donors (Lipinski definition) is 1. The number of hydrogen-bond acceptors (Lipinski definition) is 3. The molecule has 2 heterocycles. The van der Waals surface area contributed by atoms with Crippen molar-refractivity contribution < 1.29 is 13.9 Å². The van der Waals surface area contributed by atoms with Crippen molar-refractivity contribution in [3.05, 3.63) is 64.3 Å². The van der Waals surface area contributed by atoms with E-state index in [-0.39, 0.29) is 24.0 Å². The second-order valence-electron chi connectivity index (χ2n) is 6.17. The Hall–Kier alpha value is -2.67. The van der Waals surface area contributed by atoms with Crippen LogP contribution in [0, 0.1) is 11.7 Å². The summed E-state index contributed by atoms with van der Waals surface area (Å²) < 4.78 is 19.8. The highest BCUT2D eigenvalue weighted by Gasteiger charge is 2.30. The minimum atomic E-state index is -0.349. The molecule has 1 fully saturated rings. The fraction of sp³-hybridized carbons (Fsp3) is 0.333. The van der Waals surface area contributed by atoms with Gasteiger partial charge in [-0.05, 0) is 23.8 Å². The Labute approximate surface area is 144 Å². The van der Waals surface area contributed by atoms with Crippen molar-refractivity contribution in [3.63, 3.8) is 0 Å². The van der Waals surface area contributed by atoms with Gasteiger partial charge in [-0.3, -0.25) is 4.79 Å². The molecule has 0 radical (unpaired) electrons. The van der Waals surface area contributed by atoms with Crippen LogP contribution < -0.4 is 10.9 Å². The molecular weight excluding hydrogens is 325 g/mol. The molecule has 1 aromatic carbocycles. The van der Waals surface area contributed by atoms with Crippen LogP contribution in [0.1, 0.15) is 5.56 Å². The number of pyridine rings is 1. The van der Waals surface area contributed by atoms with E-state index in [4.69, 9.17) is 4.74 Å². The average molecular weight is 345 g/mol. The van der Waals surface area contributed by atoms with Crippen LogP contribution in [0.4, 0.5) is 14.9 Å². The zero-order valence-electron chi connectivity index (χ0n) is 13.9. The highest BCUT2D eigenvalue weighted by atomic mass is 19.1. The van der Waals surface area contributed by atoms with E-state index >= 15 is 0 Å². The van der Waals surface area contributed by atoms with Gasteiger partial charge >= 0.3 is 6.03 Å². The van der Waals surface area contributed by atoms with Crippen molar-refractivity contribution >= 4 is 11.7 Å². The molecular formula is C18H20FN3O3. The third kappa shape index (κ3) is 4.24. The van der Waals surface area contributed by atoms with E-state index < -0.39 is 0 Å². The van der Waals surface area contributed by atoms with E-state index in [2.05, 4.69) is 5.32 Å². The lowest BCUT2D eigenvalue weighted by Gasteiger charge is -2.38. The third-order valence-electron chi connectivity index (χ3n) is 4.12. The molecule has 132 valence electrons. The topological polar surface area (TPSA) is 63.6 Å². The van der Waals surface area contributed by atoms with Gasteiger partial charge < -0.3 is 19.5 Å². The predicted octanol–water partition coefficient (Wildman–Crippen LogP) is 2.15. The molecule has 2 amide bonds. The Morgan fingerprint density at radius 1 is 1.32 bits per heavy atom. The molecule has 6 nitrogen and oxygen atoms in total. The van der Waals surface area contributed by atoms with E-state index in [1.165, 1.54) is 22.8 Å². The van der Waals surface area contributed by atoms with Gasteiger partial charge in [-0.1, -0.05) is 12.1 Å². The number of benzene rings is 1. The molecule has 7 heteroatoms. The van der Waals surface area contributed by atoms with Gasteiger partial charge in [-0.25, -0.2) is 9.18 Å². The number of urea groups is 1. The first-order valence-corrected chi connectivity index (χ1v) is 8.05. The van der Waals surface area contributed by atoms with Gasteiger partial charge in [0.05, 0.1) is 18.8 Å². The van der Waals surface area contributed by atoms with E-state index in [0.29, 0.717) is 36.9 Å². The van der Waals surface area contributed by atoms with Gasteiger partial charge in [-0.2, -0.15) is 0 Å². The maximum Gasteiger partial charge on any atom is 0.321 e. The molecule has 0 unspecified atom stereocenters. The fourth-order valence-corrected chi connectivity index (χ4v) is 2.84. The fourth-order valence-electron chi connectivity index (χ4n) is 2.84. The largest absolute Gasteiger partial charge is 0.384 e. The van der Waals surface area contributed by atoms with E-state index in [0.717, 1.165) is 0 Å². The zero-order chi connectivity index (χ0) is 17.8. The number of aromatic nitrogens is 1. The second-order valence-corrected chi connectivity index (χ2v) is 6.17. The summed E-state index contributed by atoms with van der Waals surface area (Å²) in [6.45, 7) is 2.19. The van der Waals surface area contributed by atoms with Crippen LogP contribution in [-0.2, 0) is 11.3 Å². The van der Waals surface area contributed by atoms with Crippen molar-refractivity contribution in [2.24, 2.45) is 5.92 Å². The Morgan fingerprint density at radius 3 is 2.84 bits per heavy atom. The second kappa shape index (κ2) is 7.48. The quantitative estimate of drug-likeness (QED) is 0.903. The van der Waals surface area contributed by atoms with Gasteiger partial charge in [-0.15, -0.1) is 0 Å². The lowest BCUT2D eigenvalue weighted by molar-refractivity contribution is 0.0599. The highest BCUT2D eigenvalue weighted by Crippen LogP contribution is 2.17. The number of anilines is 1. The maximum atomic E-state index is 13.3. The first kappa shape index (κ1) is 17.2. The number of carbonyl (C=O) groups is 1. The Balaban J connectivity index is 1.65. The average Bonchev–Trinajstić information content (AvgIpc) is 2.53. The summed E-state index contributed by atoms with van der Waals surface area (Å²) in [5.74, 6) is 0.0242. The van der Waals surface area contributed by atoms with Crippen LogP contribution in [0.25, 0.3) is 0 Å². The molecule has 0 saturated carbocycles. The van der Waals surface area contributed by atoms with E-state index in [9.17, 15) is 14.0 Å². The molecule has 25 heavy (non-hydrogen) atoms. The predicted molar refractivity (Wildman–Crippen MR) is 92.2 cm³/mol. The highest BCUT2D eigenvalue weighted by molar-refractivity contribution is 5.89. The van der Waals surface area contributed by atoms with Crippen LogP contribution in [0.5, 0.6) is 0 Å². The smallest absolute Gasteiger partial charge is 0.321 e. The Morgan fingerprint density at radius 2 is 2.12 bits per heavy atom. The molecule has 0 spiro atoms. The lowest BCUT2D eigenvalue weighted by atomic mass is 10.0. The van der Waals surface area contributed by atoms with Crippen molar-refractivity contribution in [1.82, 2.24) is 9.47 Å². The number of nitrogens with one attached hydrogen (secondary N) is 1. The zero-order valence-corrected chi connectivity index (χ0v) is 13.9. The number of methoxy groups -OCH3 is 1. The number of carbonyl (C=O) groups excluding carboxylic acids is 1. The Bertz CT molecular complexity index is 815. The molecule has 0 atom stereocenters. The van der Waals surface area contributed by atoms with Gasteiger partial charge in [0, 0.05) is 38.4 Å². The van der Waals surface area contributed by atoms with Gasteiger partial charge in [0.25, 0.3) is 5.56 Å². The molecule has 1 aliphatic heterocycles. The number of rotatable bonds is 5. The molecule has 0 aliphatic carbocycles. The molecule has 1 saturated heterocycles. The van der Waals surface area contributed by atoms with Crippen LogP contribution >= 0.6 is 0 Å². The van der Waals surface area contributed by atoms with Crippen molar-refractivity contribution in [1.29, 1.82) is 0 Å². The molecule has 1 aliphatic rings. The minimum absolute atomic E-state index is 0.205. The van der Waals surface area contributed by atoms with Gasteiger partial charge in [0.2, 0.25) is 0 Å². The Kier molecular flexibility index (Phi) is 5.14. The molecule has 0 bridgehead atoms. The number of ether oxygens (including phenoxy) is 1. The summed E-state index contributed by atoms with van der Waals surface area (Å²) in [6, 6.07) is 8.83. The van der Waals surface area contributed by atoms with Gasteiger partial charge in [0.1, 0.15) is 5.82 Å². The van der Waals surface area contributed by atoms with Crippen molar-refractivity contribution in [3.8, 4) is 0 Å². The third-order valence-corrected chi connectivity index (χ3v) is 4.12. The van der Waals surface area contributed by atoms with Crippen LogP contribution in [0.2, 0.25) is 0 Å². The number of halogens is 1. The van der Waals surface area contributed by atoms with Crippen molar-refractivity contribution in [2.75, 3.05) is 32.1 Å². The summed E-state index contributed by atoms with van der Waals surface area (Å²) in [6.07, 6.45) is 1.57. The maximum absolute atomic E-state index is 13.3. The number of amides is 2. The van der Waals surface area contributed by atoms with Gasteiger partial charge in [0.15, 0.2) is 0 Å². The summed E-state index contributed by atoms with van der Waals surface area (Å²) in [4.78, 5) is 25.9. The van der Waals surface area contributed by atoms with E-state index in [1.54, 1.807) is 36.4 Å². The molecule has 3 rings (SSSR count). The normalized spacial score (nSPS) is 14.2. The summed E-state index contributed by atoms with van der Waals surface area (Å²) >= 11 is 0. The van der Waals surface area contributed by atoms with E-state index in [1.807, 2.05) is 0 Å². The molecule has 2 aromatic rings. The number of nitrogens with zero attached hydrogens (tertiary/aromatic N) is 2. The summed E-state index contributed by atoms with van der Waals surface area (Å²) in [5.41, 5.74) is 0.985. The SMILES string of the molecule is COCC1CN(C(=O)Nc2ccc(=O)n(Cc3cccc(F)c3)c2)C1. The minimum Gasteiger partial charge on any atom is -0.384 e. The molecule has 1 N–H and O–H groups in total. The molecule has 1 aromatic heterocycles. The summed E-state index contributed by atoms with van der Waals surface area (Å²) in [5, 5.41) is 2.78. The monoisotopic (exact) mass is 345 g/mol. The first-order valence-electron chi connectivity index (χ1n) is 8.05. The van der Waals surface area contributed by atoms with Crippen LogP contribution in [0.15, 0.2) is 47.4 Å². The van der Waals surface area contributed by atoms with Crippen LogP contribution in [0.3, 0.4) is 0 Å². The first-order chi connectivity index (χ1) is 12.0. The lowest BCUT2D eigenvalue weighted by Crippen LogP contribution is -2.53. The van der Waals surface area contributed by atoms with Crippen LogP contribution in [-0.4, -0.2) is 42.3 Å². The number of likely N-dealkylation sites (tertiary alicyclic amines) is 1. The standard InChI is InChI=1S/C18H20FN3O3/c1-25-12-14-9-22(10-14)18(24)20-16-5-6-17(23)21(11-16)8-13-3-2-4-15(19)7-13/h2-7,11,14H,8-10,12H2,1H3,(H,20,24). The summed E-state index contributed by atoms with van der Waals surface area (Å²) in [7, 11) is 1.64.